The predicted molar refractivity (Wildman–Crippen MR) is 63.1 cm³/mol. The van der Waals surface area contributed by atoms with Gasteiger partial charge in [0.25, 0.3) is 5.91 Å². The van der Waals surface area contributed by atoms with E-state index in [4.69, 9.17) is 0 Å². The fourth-order valence-electron chi connectivity index (χ4n) is 1.22. The molecule has 1 aromatic carbocycles. The number of rotatable bonds is 2. The van der Waals surface area contributed by atoms with Crippen molar-refractivity contribution in [1.29, 1.82) is 0 Å². The molecule has 0 radical (unpaired) electrons. The first-order valence-corrected chi connectivity index (χ1v) is 5.47. The molecular weight excluding hydrogens is 291 g/mol. The third-order valence-electron chi connectivity index (χ3n) is 2.12. The second kappa shape index (κ2) is 4.62. The summed E-state index contributed by atoms with van der Waals surface area (Å²) in [6.45, 7) is 0. The Balaban J connectivity index is 2.20. The van der Waals surface area contributed by atoms with Crippen LogP contribution in [0.5, 0.6) is 0 Å². The van der Waals surface area contributed by atoms with Gasteiger partial charge >= 0.3 is 0 Å². The number of amides is 1. The smallest absolute Gasteiger partial charge is 0.258 e. The Labute approximate surface area is 105 Å². The van der Waals surface area contributed by atoms with Crippen molar-refractivity contribution >= 4 is 27.8 Å². The lowest BCUT2D eigenvalue weighted by molar-refractivity contribution is 0.102. The summed E-state index contributed by atoms with van der Waals surface area (Å²) in [4.78, 5) is 15.6. The van der Waals surface area contributed by atoms with E-state index in [9.17, 15) is 9.18 Å². The van der Waals surface area contributed by atoms with Crippen LogP contribution < -0.4 is 5.32 Å². The molecule has 0 fully saturated rings. The van der Waals surface area contributed by atoms with E-state index < -0.39 is 5.82 Å². The number of halogens is 2. The van der Waals surface area contributed by atoms with Crippen LogP contribution in [0.4, 0.5) is 10.3 Å². The highest BCUT2D eigenvalue weighted by Crippen LogP contribution is 2.17. The van der Waals surface area contributed by atoms with Gasteiger partial charge in [0.05, 0.1) is 4.47 Å². The van der Waals surface area contributed by atoms with Gasteiger partial charge < -0.3 is 0 Å². The van der Waals surface area contributed by atoms with Gasteiger partial charge in [-0.3, -0.25) is 10.1 Å². The van der Waals surface area contributed by atoms with Crippen LogP contribution in [0.1, 0.15) is 10.4 Å². The van der Waals surface area contributed by atoms with E-state index in [1.807, 2.05) is 0 Å². The standard InChI is InChI=1S/C10H8BrFN4O/c1-16-10(13-5-14-16)15-9(17)6-2-3-8(12)7(11)4-6/h2-5H,1H3,(H,13,14,15,17). The highest BCUT2D eigenvalue weighted by molar-refractivity contribution is 9.10. The molecule has 0 saturated heterocycles. The number of anilines is 1. The molecule has 7 heteroatoms. The zero-order valence-corrected chi connectivity index (χ0v) is 10.4. The molecule has 1 amide bonds. The van der Waals surface area contributed by atoms with E-state index in [0.29, 0.717) is 11.5 Å². The molecule has 0 saturated carbocycles. The van der Waals surface area contributed by atoms with Crippen LogP contribution in [0.2, 0.25) is 0 Å². The summed E-state index contributed by atoms with van der Waals surface area (Å²) in [5.41, 5.74) is 0.335. The Bertz CT molecular complexity index is 569. The highest BCUT2D eigenvalue weighted by Gasteiger charge is 2.11. The predicted octanol–water partition coefficient (Wildman–Crippen LogP) is 1.97. The maximum Gasteiger partial charge on any atom is 0.258 e. The van der Waals surface area contributed by atoms with Crippen molar-refractivity contribution in [2.24, 2.45) is 7.05 Å². The third-order valence-corrected chi connectivity index (χ3v) is 2.73. The van der Waals surface area contributed by atoms with Crippen molar-refractivity contribution in [3.05, 3.63) is 40.4 Å². The van der Waals surface area contributed by atoms with Crippen LogP contribution in [0.3, 0.4) is 0 Å². The van der Waals surface area contributed by atoms with Crippen LogP contribution in [0.15, 0.2) is 29.0 Å². The van der Waals surface area contributed by atoms with Gasteiger partial charge in [0.2, 0.25) is 5.95 Å². The summed E-state index contributed by atoms with van der Waals surface area (Å²) in [6.07, 6.45) is 1.33. The maximum absolute atomic E-state index is 13.0. The number of benzene rings is 1. The lowest BCUT2D eigenvalue weighted by atomic mass is 10.2. The summed E-state index contributed by atoms with van der Waals surface area (Å²) < 4.78 is 14.7. The minimum atomic E-state index is -0.416. The number of hydrogen-bond acceptors (Lipinski definition) is 3. The number of nitrogens with one attached hydrogen (secondary N) is 1. The molecular formula is C10H8BrFN4O. The van der Waals surface area contributed by atoms with Gasteiger partial charge in [0.1, 0.15) is 12.1 Å². The number of nitrogens with zero attached hydrogens (tertiary/aromatic N) is 3. The molecule has 1 aromatic heterocycles. The Morgan fingerprint density at radius 3 is 2.88 bits per heavy atom. The summed E-state index contributed by atoms with van der Waals surface area (Å²) in [5, 5.41) is 6.38. The van der Waals surface area contributed by atoms with Crippen LogP contribution in [0.25, 0.3) is 0 Å². The second-order valence-electron chi connectivity index (χ2n) is 3.29. The van der Waals surface area contributed by atoms with E-state index in [2.05, 4.69) is 31.3 Å². The van der Waals surface area contributed by atoms with Crippen LogP contribution >= 0.6 is 15.9 Å². The minimum absolute atomic E-state index is 0.239. The summed E-state index contributed by atoms with van der Waals surface area (Å²) in [7, 11) is 1.66. The molecule has 0 unspecified atom stereocenters. The van der Waals surface area contributed by atoms with Gasteiger partial charge in [0, 0.05) is 12.6 Å². The Morgan fingerprint density at radius 1 is 1.53 bits per heavy atom. The van der Waals surface area contributed by atoms with E-state index >= 15 is 0 Å². The molecule has 1 N–H and O–H groups in total. The van der Waals surface area contributed by atoms with E-state index in [-0.39, 0.29) is 10.4 Å². The second-order valence-corrected chi connectivity index (χ2v) is 4.14. The van der Waals surface area contributed by atoms with Crippen LogP contribution in [-0.2, 0) is 7.05 Å². The average Bonchev–Trinajstić information content (AvgIpc) is 2.68. The van der Waals surface area contributed by atoms with Crippen molar-refractivity contribution in [2.75, 3.05) is 5.32 Å². The molecule has 0 aliphatic carbocycles. The van der Waals surface area contributed by atoms with Gasteiger partial charge in [-0.25, -0.2) is 9.07 Å². The van der Waals surface area contributed by atoms with Gasteiger partial charge in [-0.2, -0.15) is 10.1 Å². The molecule has 0 atom stereocenters. The number of aryl methyl sites for hydroxylation is 1. The first-order chi connectivity index (χ1) is 8.08. The SMILES string of the molecule is Cn1ncnc1NC(=O)c1ccc(F)c(Br)c1. The topological polar surface area (TPSA) is 59.8 Å². The molecule has 1 heterocycles. The molecule has 0 bridgehead atoms. The Kier molecular flexibility index (Phi) is 3.19. The van der Waals surface area contributed by atoms with Crippen molar-refractivity contribution in [2.45, 2.75) is 0 Å². The van der Waals surface area contributed by atoms with E-state index in [1.54, 1.807) is 7.05 Å². The van der Waals surface area contributed by atoms with Crippen LogP contribution in [0, 0.1) is 5.82 Å². The van der Waals surface area contributed by atoms with Gasteiger partial charge in [-0.1, -0.05) is 0 Å². The molecule has 0 spiro atoms. The Morgan fingerprint density at radius 2 is 2.29 bits per heavy atom. The van der Waals surface area contributed by atoms with Crippen molar-refractivity contribution in [3.8, 4) is 0 Å². The van der Waals surface area contributed by atoms with Crippen molar-refractivity contribution < 1.29 is 9.18 Å². The molecule has 5 nitrogen and oxygen atoms in total. The first kappa shape index (κ1) is 11.7. The molecule has 0 aliphatic rings. The minimum Gasteiger partial charge on any atom is -0.291 e. The Hall–Kier alpha value is -1.76. The van der Waals surface area contributed by atoms with Gasteiger partial charge in [-0.15, -0.1) is 0 Å². The zero-order valence-electron chi connectivity index (χ0n) is 8.82. The lowest BCUT2D eigenvalue weighted by Gasteiger charge is -2.04. The largest absolute Gasteiger partial charge is 0.291 e. The lowest BCUT2D eigenvalue weighted by Crippen LogP contribution is -2.15. The van der Waals surface area contributed by atoms with Gasteiger partial charge in [0.15, 0.2) is 0 Å². The molecule has 2 aromatic rings. The normalized spacial score (nSPS) is 10.3. The highest BCUT2D eigenvalue weighted by atomic mass is 79.9. The first-order valence-electron chi connectivity index (χ1n) is 4.68. The van der Waals surface area contributed by atoms with Crippen molar-refractivity contribution in [1.82, 2.24) is 14.8 Å². The van der Waals surface area contributed by atoms with E-state index in [1.165, 1.54) is 29.2 Å². The molecule has 17 heavy (non-hydrogen) atoms. The van der Waals surface area contributed by atoms with E-state index in [0.717, 1.165) is 0 Å². The molecule has 88 valence electrons. The number of carbonyl (C=O) groups excluding carboxylic acids is 1. The van der Waals surface area contributed by atoms with Gasteiger partial charge in [-0.05, 0) is 34.1 Å². The summed E-state index contributed by atoms with van der Waals surface area (Å²) in [5.74, 6) is -0.461. The number of carbonyl (C=O) groups is 1. The number of aromatic nitrogens is 3. The fraction of sp³-hybridized carbons (Fsp3) is 0.100. The van der Waals surface area contributed by atoms with Crippen molar-refractivity contribution in [3.63, 3.8) is 0 Å². The quantitative estimate of drug-likeness (QED) is 0.922. The summed E-state index contributed by atoms with van der Waals surface area (Å²) >= 11 is 3.02. The molecule has 2 rings (SSSR count). The zero-order chi connectivity index (χ0) is 12.4. The monoisotopic (exact) mass is 298 g/mol. The third kappa shape index (κ3) is 2.50. The fourth-order valence-corrected chi connectivity index (χ4v) is 1.60. The maximum atomic E-state index is 13.0. The molecule has 0 aliphatic heterocycles. The summed E-state index contributed by atoms with van der Waals surface area (Å²) in [6, 6.07) is 4.02. The number of hydrogen-bond donors (Lipinski definition) is 1. The van der Waals surface area contributed by atoms with Crippen LogP contribution in [-0.4, -0.2) is 20.7 Å². The average molecular weight is 299 g/mol.